The fraction of sp³-hybridized carbons (Fsp3) is 0. The minimum Gasteiger partial charge on any atom is -0.505 e. The Kier molecular flexibility index (Phi) is 3.38. The molecule has 0 fully saturated rings. The molecule has 5 heteroatoms. The second-order valence-electron chi connectivity index (χ2n) is 2.50. The van der Waals surface area contributed by atoms with E-state index in [1.807, 2.05) is 0 Å². The summed E-state index contributed by atoms with van der Waals surface area (Å²) in [5.41, 5.74) is 0.514. The third-order valence-corrected chi connectivity index (χ3v) is 2.03. The number of phenols is 1. The SMILES string of the molecule is O=C(O)/C=C/c1cc(Cl)c(O)c(Cl)c1. The Balaban J connectivity index is 3.07. The van der Waals surface area contributed by atoms with Gasteiger partial charge in [-0.25, -0.2) is 4.79 Å². The van der Waals surface area contributed by atoms with Gasteiger partial charge in [-0.15, -0.1) is 0 Å². The van der Waals surface area contributed by atoms with Crippen molar-refractivity contribution < 1.29 is 15.0 Å². The van der Waals surface area contributed by atoms with Gasteiger partial charge in [-0.1, -0.05) is 23.2 Å². The van der Waals surface area contributed by atoms with Crippen LogP contribution in [0.4, 0.5) is 0 Å². The van der Waals surface area contributed by atoms with Gasteiger partial charge in [-0.05, 0) is 23.8 Å². The molecule has 0 radical (unpaired) electrons. The van der Waals surface area contributed by atoms with Crippen LogP contribution in [-0.2, 0) is 4.79 Å². The Morgan fingerprint density at radius 2 is 1.79 bits per heavy atom. The molecule has 1 aromatic rings. The van der Waals surface area contributed by atoms with Crippen molar-refractivity contribution in [1.29, 1.82) is 0 Å². The summed E-state index contributed by atoms with van der Waals surface area (Å²) in [6.07, 6.45) is 2.29. The molecule has 0 aliphatic heterocycles. The first kappa shape index (κ1) is 10.9. The van der Waals surface area contributed by atoms with E-state index >= 15 is 0 Å². The van der Waals surface area contributed by atoms with Crippen LogP contribution in [0.2, 0.25) is 10.0 Å². The highest BCUT2D eigenvalue weighted by molar-refractivity contribution is 6.37. The van der Waals surface area contributed by atoms with Gasteiger partial charge in [0.05, 0.1) is 10.0 Å². The predicted octanol–water partition coefficient (Wildman–Crippen LogP) is 2.80. The zero-order chi connectivity index (χ0) is 10.7. The third kappa shape index (κ3) is 2.65. The zero-order valence-corrected chi connectivity index (χ0v) is 8.38. The molecule has 0 aliphatic carbocycles. The van der Waals surface area contributed by atoms with Gasteiger partial charge < -0.3 is 10.2 Å². The van der Waals surface area contributed by atoms with Gasteiger partial charge >= 0.3 is 5.97 Å². The van der Waals surface area contributed by atoms with Crippen LogP contribution >= 0.6 is 23.2 Å². The molecule has 0 atom stereocenters. The van der Waals surface area contributed by atoms with Crippen molar-refractivity contribution in [1.82, 2.24) is 0 Å². The molecule has 0 amide bonds. The Morgan fingerprint density at radius 3 is 2.21 bits per heavy atom. The van der Waals surface area contributed by atoms with Gasteiger partial charge in [0.25, 0.3) is 0 Å². The lowest BCUT2D eigenvalue weighted by molar-refractivity contribution is -0.131. The van der Waals surface area contributed by atoms with Crippen molar-refractivity contribution in [3.8, 4) is 5.75 Å². The Bertz CT molecular complexity index is 376. The largest absolute Gasteiger partial charge is 0.505 e. The van der Waals surface area contributed by atoms with Gasteiger partial charge in [0, 0.05) is 6.08 Å². The first-order valence-electron chi connectivity index (χ1n) is 3.59. The third-order valence-electron chi connectivity index (χ3n) is 1.46. The van der Waals surface area contributed by atoms with Crippen molar-refractivity contribution in [3.05, 3.63) is 33.8 Å². The number of hydrogen-bond donors (Lipinski definition) is 2. The van der Waals surface area contributed by atoms with E-state index in [1.54, 1.807) is 0 Å². The fourth-order valence-electron chi connectivity index (χ4n) is 0.849. The van der Waals surface area contributed by atoms with E-state index in [9.17, 15) is 9.90 Å². The highest BCUT2D eigenvalue weighted by atomic mass is 35.5. The second kappa shape index (κ2) is 4.35. The van der Waals surface area contributed by atoms with Crippen LogP contribution in [0, 0.1) is 0 Å². The van der Waals surface area contributed by atoms with Crippen LogP contribution in [-0.4, -0.2) is 16.2 Å². The lowest BCUT2D eigenvalue weighted by atomic mass is 10.2. The molecule has 0 aliphatic rings. The fourth-order valence-corrected chi connectivity index (χ4v) is 1.35. The van der Waals surface area contributed by atoms with Crippen LogP contribution in [0.3, 0.4) is 0 Å². The number of carboxylic acid groups (broad SMARTS) is 1. The van der Waals surface area contributed by atoms with Gasteiger partial charge in [0.2, 0.25) is 0 Å². The van der Waals surface area contributed by atoms with Crippen LogP contribution in [0.25, 0.3) is 6.08 Å². The van der Waals surface area contributed by atoms with Crippen molar-refractivity contribution in [2.24, 2.45) is 0 Å². The molecule has 14 heavy (non-hydrogen) atoms. The Morgan fingerprint density at radius 1 is 1.29 bits per heavy atom. The molecule has 0 aromatic heterocycles. The van der Waals surface area contributed by atoms with E-state index in [4.69, 9.17) is 28.3 Å². The number of aromatic hydroxyl groups is 1. The molecule has 0 heterocycles. The molecule has 0 unspecified atom stereocenters. The van der Waals surface area contributed by atoms with E-state index < -0.39 is 5.97 Å². The first-order valence-corrected chi connectivity index (χ1v) is 4.35. The van der Waals surface area contributed by atoms with E-state index in [0.29, 0.717) is 5.56 Å². The highest BCUT2D eigenvalue weighted by Crippen LogP contribution is 2.32. The summed E-state index contributed by atoms with van der Waals surface area (Å²) in [5, 5.41) is 17.7. The maximum absolute atomic E-state index is 10.2. The van der Waals surface area contributed by atoms with Crippen LogP contribution < -0.4 is 0 Å². The molecule has 3 nitrogen and oxygen atoms in total. The maximum atomic E-state index is 10.2. The number of phenolic OH excluding ortho intramolecular Hbond substituents is 1. The van der Waals surface area contributed by atoms with E-state index in [-0.39, 0.29) is 15.8 Å². The van der Waals surface area contributed by atoms with Gasteiger partial charge in [0.1, 0.15) is 0 Å². The summed E-state index contributed by atoms with van der Waals surface area (Å²) in [6.45, 7) is 0. The number of carbonyl (C=O) groups is 1. The molecule has 0 bridgehead atoms. The number of benzene rings is 1. The summed E-state index contributed by atoms with van der Waals surface area (Å²) in [5.74, 6) is -1.27. The minimum atomic E-state index is -1.06. The second-order valence-corrected chi connectivity index (χ2v) is 3.32. The molecule has 0 saturated carbocycles. The van der Waals surface area contributed by atoms with Crippen molar-refractivity contribution in [2.45, 2.75) is 0 Å². The lowest BCUT2D eigenvalue weighted by Gasteiger charge is -2.00. The van der Waals surface area contributed by atoms with Gasteiger partial charge in [0.15, 0.2) is 5.75 Å². The van der Waals surface area contributed by atoms with Crippen LogP contribution in [0.15, 0.2) is 18.2 Å². The van der Waals surface area contributed by atoms with Crippen molar-refractivity contribution in [2.75, 3.05) is 0 Å². The number of aliphatic carboxylic acids is 1. The molecule has 1 aromatic carbocycles. The van der Waals surface area contributed by atoms with Gasteiger partial charge in [-0.3, -0.25) is 0 Å². The summed E-state index contributed by atoms with van der Waals surface area (Å²) in [7, 11) is 0. The summed E-state index contributed by atoms with van der Waals surface area (Å²) in [4.78, 5) is 10.2. The lowest BCUT2D eigenvalue weighted by Crippen LogP contribution is -1.85. The molecule has 74 valence electrons. The minimum absolute atomic E-state index is 0.0857. The normalized spacial score (nSPS) is 10.7. The molecular formula is C9H6Cl2O3. The molecular weight excluding hydrogens is 227 g/mol. The molecule has 0 spiro atoms. The first-order chi connectivity index (χ1) is 6.50. The Labute approximate surface area is 90.2 Å². The monoisotopic (exact) mass is 232 g/mol. The quantitative estimate of drug-likeness (QED) is 0.772. The van der Waals surface area contributed by atoms with Gasteiger partial charge in [-0.2, -0.15) is 0 Å². The summed E-state index contributed by atoms with van der Waals surface area (Å²) in [6, 6.07) is 2.84. The molecule has 2 N–H and O–H groups in total. The van der Waals surface area contributed by atoms with E-state index in [1.165, 1.54) is 18.2 Å². The van der Waals surface area contributed by atoms with Crippen molar-refractivity contribution in [3.63, 3.8) is 0 Å². The van der Waals surface area contributed by atoms with Crippen molar-refractivity contribution >= 4 is 35.2 Å². The molecule has 0 saturated heterocycles. The number of rotatable bonds is 2. The average Bonchev–Trinajstić information content (AvgIpc) is 2.10. The summed E-state index contributed by atoms with van der Waals surface area (Å²) >= 11 is 11.2. The average molecular weight is 233 g/mol. The molecule has 1 rings (SSSR count). The Hall–Kier alpha value is -1.19. The zero-order valence-electron chi connectivity index (χ0n) is 6.87. The number of hydrogen-bond acceptors (Lipinski definition) is 2. The van der Waals surface area contributed by atoms with Crippen LogP contribution in [0.5, 0.6) is 5.75 Å². The summed E-state index contributed by atoms with van der Waals surface area (Å²) < 4.78 is 0. The highest BCUT2D eigenvalue weighted by Gasteiger charge is 2.04. The van der Waals surface area contributed by atoms with E-state index in [0.717, 1.165) is 6.08 Å². The number of carboxylic acids is 1. The number of halogens is 2. The predicted molar refractivity (Wildman–Crippen MR) is 54.8 cm³/mol. The van der Waals surface area contributed by atoms with E-state index in [2.05, 4.69) is 0 Å². The smallest absolute Gasteiger partial charge is 0.328 e. The van der Waals surface area contributed by atoms with Crippen LogP contribution in [0.1, 0.15) is 5.56 Å². The maximum Gasteiger partial charge on any atom is 0.328 e. The standard InChI is InChI=1S/C9H6Cl2O3/c10-6-3-5(1-2-8(12)13)4-7(11)9(6)14/h1-4,14H,(H,12,13)/b2-1+. The topological polar surface area (TPSA) is 57.5 Å².